The van der Waals surface area contributed by atoms with Gasteiger partial charge in [-0.05, 0) is 37.3 Å². The predicted octanol–water partition coefficient (Wildman–Crippen LogP) is 3.54. The summed E-state index contributed by atoms with van der Waals surface area (Å²) < 4.78 is 0. The Morgan fingerprint density at radius 3 is 2.50 bits per heavy atom. The largest absolute Gasteiger partial charge is 0.310 e. The number of halogens is 1. The molecule has 0 aliphatic carbocycles. The Labute approximate surface area is 109 Å². The van der Waals surface area contributed by atoms with Crippen LogP contribution in [0.1, 0.15) is 12.5 Å². The maximum atomic E-state index is 3.70. The van der Waals surface area contributed by atoms with Crippen molar-refractivity contribution in [2.75, 3.05) is 12.8 Å². The zero-order valence-electron chi connectivity index (χ0n) is 9.90. The second-order valence-electron chi connectivity index (χ2n) is 3.65. The van der Waals surface area contributed by atoms with Crippen molar-refractivity contribution >= 4 is 24.2 Å². The molecule has 1 unspecified atom stereocenters. The lowest BCUT2D eigenvalue weighted by Gasteiger charge is -2.12. The molecule has 1 nitrogen and oxygen atoms in total. The summed E-state index contributed by atoms with van der Waals surface area (Å²) in [7, 11) is 0. The highest BCUT2D eigenvalue weighted by atomic mass is 35.5. The Balaban J connectivity index is 0.00000225. The third kappa shape index (κ3) is 5.59. The average molecular weight is 258 g/mol. The maximum Gasteiger partial charge on any atom is 0.0134 e. The van der Waals surface area contributed by atoms with E-state index in [0.29, 0.717) is 6.04 Å². The van der Waals surface area contributed by atoms with Crippen LogP contribution in [0.5, 0.6) is 0 Å². The second kappa shape index (κ2) is 8.68. The number of hydrogen-bond donors (Lipinski definition) is 1. The van der Waals surface area contributed by atoms with Crippen LogP contribution in [0.4, 0.5) is 0 Å². The van der Waals surface area contributed by atoms with Gasteiger partial charge in [0.25, 0.3) is 0 Å². The second-order valence-corrected chi connectivity index (χ2v) is 4.53. The van der Waals surface area contributed by atoms with E-state index in [4.69, 9.17) is 0 Å². The molecule has 0 radical (unpaired) electrons. The van der Waals surface area contributed by atoms with E-state index >= 15 is 0 Å². The fraction of sp³-hybridized carbons (Fsp3) is 0.385. The minimum Gasteiger partial charge on any atom is -0.310 e. The van der Waals surface area contributed by atoms with Crippen LogP contribution >= 0.6 is 24.2 Å². The van der Waals surface area contributed by atoms with Gasteiger partial charge in [0.15, 0.2) is 0 Å². The molecule has 16 heavy (non-hydrogen) atoms. The van der Waals surface area contributed by atoms with Gasteiger partial charge in [0, 0.05) is 17.5 Å². The van der Waals surface area contributed by atoms with Crippen LogP contribution in [-0.2, 0) is 6.42 Å². The van der Waals surface area contributed by atoms with Gasteiger partial charge in [-0.15, -0.1) is 30.7 Å². The molecular formula is C13H20ClNS. The van der Waals surface area contributed by atoms with Gasteiger partial charge in [0.05, 0.1) is 0 Å². The van der Waals surface area contributed by atoms with E-state index in [1.807, 2.05) is 6.08 Å². The highest BCUT2D eigenvalue weighted by molar-refractivity contribution is 7.98. The van der Waals surface area contributed by atoms with Crippen LogP contribution in [0.3, 0.4) is 0 Å². The summed E-state index contributed by atoms with van der Waals surface area (Å²) in [6, 6.07) is 9.28. The molecule has 0 spiro atoms. The molecule has 0 saturated carbocycles. The van der Waals surface area contributed by atoms with Gasteiger partial charge in [-0.2, -0.15) is 0 Å². The predicted molar refractivity (Wildman–Crippen MR) is 76.8 cm³/mol. The molecule has 0 aliphatic rings. The standard InChI is InChI=1S/C13H19NS.ClH/c1-4-9-14-11(2)10-12-5-7-13(15-3)8-6-12;/h4-8,11,14H,1,9-10H2,2-3H3;1H. The van der Waals surface area contributed by atoms with E-state index in [1.165, 1.54) is 10.5 Å². The molecule has 3 heteroatoms. The smallest absolute Gasteiger partial charge is 0.0134 e. The fourth-order valence-corrected chi connectivity index (χ4v) is 1.88. The average Bonchev–Trinajstić information content (AvgIpc) is 2.27. The fourth-order valence-electron chi connectivity index (χ4n) is 1.47. The number of thioether (sulfide) groups is 1. The SMILES string of the molecule is C=CCNC(C)Cc1ccc(SC)cc1.Cl. The van der Waals surface area contributed by atoms with Crippen molar-refractivity contribution in [3.63, 3.8) is 0 Å². The summed E-state index contributed by atoms with van der Waals surface area (Å²) in [5, 5.41) is 3.39. The quantitative estimate of drug-likeness (QED) is 0.618. The first-order valence-corrected chi connectivity index (χ1v) is 6.46. The number of benzene rings is 1. The normalized spacial score (nSPS) is 11.6. The molecule has 1 aromatic carbocycles. The molecule has 90 valence electrons. The zero-order valence-corrected chi connectivity index (χ0v) is 11.5. The van der Waals surface area contributed by atoms with Crippen LogP contribution in [0.2, 0.25) is 0 Å². The van der Waals surface area contributed by atoms with Crippen LogP contribution in [-0.4, -0.2) is 18.8 Å². The zero-order chi connectivity index (χ0) is 11.1. The van der Waals surface area contributed by atoms with Gasteiger partial charge >= 0.3 is 0 Å². The first-order chi connectivity index (χ1) is 7.26. The maximum absolute atomic E-state index is 3.70. The van der Waals surface area contributed by atoms with Gasteiger partial charge in [-0.1, -0.05) is 18.2 Å². The molecule has 0 aliphatic heterocycles. The summed E-state index contributed by atoms with van der Waals surface area (Å²) >= 11 is 1.78. The molecule has 1 atom stereocenters. The van der Waals surface area contributed by atoms with Crippen molar-refractivity contribution in [2.24, 2.45) is 0 Å². The first kappa shape index (κ1) is 15.6. The van der Waals surface area contributed by atoms with Crippen LogP contribution in [0.25, 0.3) is 0 Å². The lowest BCUT2D eigenvalue weighted by atomic mass is 10.1. The molecule has 1 N–H and O–H groups in total. The molecule has 1 aromatic rings. The summed E-state index contributed by atoms with van der Waals surface area (Å²) in [6.45, 7) is 6.78. The topological polar surface area (TPSA) is 12.0 Å². The van der Waals surface area contributed by atoms with Gasteiger partial charge in [0.2, 0.25) is 0 Å². The minimum atomic E-state index is 0. The summed E-state index contributed by atoms with van der Waals surface area (Å²) in [5.41, 5.74) is 1.39. The lowest BCUT2D eigenvalue weighted by Crippen LogP contribution is -2.27. The minimum absolute atomic E-state index is 0. The molecule has 0 fully saturated rings. The summed E-state index contributed by atoms with van der Waals surface area (Å²) in [5.74, 6) is 0. The number of rotatable bonds is 6. The highest BCUT2D eigenvalue weighted by Crippen LogP contribution is 2.15. The summed E-state index contributed by atoms with van der Waals surface area (Å²) in [4.78, 5) is 1.32. The van der Waals surface area contributed by atoms with E-state index in [0.717, 1.165) is 13.0 Å². The molecule has 0 amide bonds. The van der Waals surface area contributed by atoms with E-state index in [1.54, 1.807) is 11.8 Å². The van der Waals surface area contributed by atoms with Crippen molar-refractivity contribution in [3.05, 3.63) is 42.5 Å². The van der Waals surface area contributed by atoms with Crippen molar-refractivity contribution in [2.45, 2.75) is 24.3 Å². The van der Waals surface area contributed by atoms with E-state index in [-0.39, 0.29) is 12.4 Å². The van der Waals surface area contributed by atoms with Gasteiger partial charge in [0.1, 0.15) is 0 Å². The van der Waals surface area contributed by atoms with E-state index < -0.39 is 0 Å². The van der Waals surface area contributed by atoms with Crippen molar-refractivity contribution in [1.82, 2.24) is 5.32 Å². The van der Waals surface area contributed by atoms with Crippen molar-refractivity contribution < 1.29 is 0 Å². The monoisotopic (exact) mass is 257 g/mol. The third-order valence-electron chi connectivity index (χ3n) is 2.31. The Morgan fingerprint density at radius 2 is 2.00 bits per heavy atom. The Kier molecular flexibility index (Phi) is 8.44. The van der Waals surface area contributed by atoms with Crippen LogP contribution in [0, 0.1) is 0 Å². The number of hydrogen-bond acceptors (Lipinski definition) is 2. The first-order valence-electron chi connectivity index (χ1n) is 5.23. The van der Waals surface area contributed by atoms with Crippen molar-refractivity contribution in [1.29, 1.82) is 0 Å². The Hall–Kier alpha value is -0.440. The Morgan fingerprint density at radius 1 is 1.38 bits per heavy atom. The van der Waals surface area contributed by atoms with Crippen LogP contribution in [0.15, 0.2) is 41.8 Å². The van der Waals surface area contributed by atoms with Gasteiger partial charge in [-0.25, -0.2) is 0 Å². The highest BCUT2D eigenvalue weighted by Gasteiger charge is 2.01. The van der Waals surface area contributed by atoms with E-state index in [2.05, 4.69) is 49.3 Å². The third-order valence-corrected chi connectivity index (χ3v) is 3.06. The molecule has 1 rings (SSSR count). The van der Waals surface area contributed by atoms with E-state index in [9.17, 15) is 0 Å². The molecule has 0 bridgehead atoms. The summed E-state index contributed by atoms with van der Waals surface area (Å²) in [6.07, 6.45) is 5.07. The van der Waals surface area contributed by atoms with Gasteiger partial charge < -0.3 is 5.32 Å². The van der Waals surface area contributed by atoms with Crippen LogP contribution < -0.4 is 5.32 Å². The lowest BCUT2D eigenvalue weighted by molar-refractivity contribution is 0.581. The number of nitrogens with one attached hydrogen (secondary N) is 1. The Bertz CT molecular complexity index is 297. The molecule has 0 aromatic heterocycles. The molecule has 0 saturated heterocycles. The molecule has 0 heterocycles. The van der Waals surface area contributed by atoms with Crippen molar-refractivity contribution in [3.8, 4) is 0 Å². The van der Waals surface area contributed by atoms with Gasteiger partial charge in [-0.3, -0.25) is 0 Å². The molecular weight excluding hydrogens is 238 g/mol.